The van der Waals surface area contributed by atoms with Crippen LogP contribution < -0.4 is 15.0 Å². The second-order valence-corrected chi connectivity index (χ2v) is 7.74. The standard InChI is InChI=1S/C27H18N4O6/c1-3-14-36-25-17(8-6-11-21(25)31(33)34)16-28-30-26(29-20-10-5-4-9-18(20)27(30)32)24-15-19-22(35-2)12-7-13-23(19)37-24/h1,4-13,15-16H,14H2,2H3. The van der Waals surface area contributed by atoms with Gasteiger partial charge in [0.1, 0.15) is 17.9 Å². The molecule has 0 bridgehead atoms. The van der Waals surface area contributed by atoms with E-state index in [1.54, 1.807) is 61.7 Å². The number of methoxy groups -OCH3 is 1. The first-order chi connectivity index (χ1) is 18.0. The third kappa shape index (κ3) is 4.26. The lowest BCUT2D eigenvalue weighted by atomic mass is 10.2. The average Bonchev–Trinajstić information content (AvgIpc) is 3.36. The van der Waals surface area contributed by atoms with Gasteiger partial charge in [0.15, 0.2) is 5.76 Å². The quantitative estimate of drug-likeness (QED) is 0.140. The highest BCUT2D eigenvalue weighted by molar-refractivity contribution is 5.89. The van der Waals surface area contributed by atoms with Gasteiger partial charge in [-0.05, 0) is 36.4 Å². The van der Waals surface area contributed by atoms with Crippen molar-refractivity contribution in [1.82, 2.24) is 9.66 Å². The molecule has 182 valence electrons. The molecule has 2 aromatic heterocycles. The van der Waals surface area contributed by atoms with Gasteiger partial charge in [0.25, 0.3) is 5.56 Å². The van der Waals surface area contributed by atoms with Gasteiger partial charge in [0.2, 0.25) is 11.6 Å². The van der Waals surface area contributed by atoms with Crippen molar-refractivity contribution in [3.05, 3.63) is 92.8 Å². The van der Waals surface area contributed by atoms with E-state index in [2.05, 4.69) is 16.0 Å². The van der Waals surface area contributed by atoms with Gasteiger partial charge in [-0.2, -0.15) is 9.78 Å². The molecule has 10 heteroatoms. The van der Waals surface area contributed by atoms with Crippen molar-refractivity contribution in [3.8, 4) is 35.4 Å². The molecule has 0 saturated heterocycles. The minimum absolute atomic E-state index is 0.0639. The molecule has 10 nitrogen and oxygen atoms in total. The van der Waals surface area contributed by atoms with Crippen molar-refractivity contribution >= 4 is 33.8 Å². The predicted molar refractivity (Wildman–Crippen MR) is 138 cm³/mol. The lowest BCUT2D eigenvalue weighted by Gasteiger charge is -2.09. The molecule has 0 spiro atoms. The Labute approximate surface area is 209 Å². The van der Waals surface area contributed by atoms with E-state index in [1.807, 2.05) is 0 Å². The molecule has 0 aliphatic carbocycles. The van der Waals surface area contributed by atoms with E-state index in [1.165, 1.54) is 18.3 Å². The normalized spacial score (nSPS) is 11.1. The van der Waals surface area contributed by atoms with Crippen LogP contribution in [-0.2, 0) is 0 Å². The Kier molecular flexibility index (Phi) is 6.10. The molecule has 0 aliphatic rings. The number of fused-ring (bicyclic) bond motifs is 2. The summed E-state index contributed by atoms with van der Waals surface area (Å²) in [6, 6.07) is 18.2. The number of rotatable bonds is 7. The largest absolute Gasteiger partial charge is 0.496 e. The molecule has 37 heavy (non-hydrogen) atoms. The molecule has 5 aromatic rings. The predicted octanol–water partition coefficient (Wildman–Crippen LogP) is 4.62. The van der Waals surface area contributed by atoms with Crippen LogP contribution >= 0.6 is 0 Å². The Bertz CT molecular complexity index is 1800. The van der Waals surface area contributed by atoms with Gasteiger partial charge in [0, 0.05) is 11.6 Å². The highest BCUT2D eigenvalue weighted by Crippen LogP contribution is 2.33. The molecule has 0 saturated carbocycles. The van der Waals surface area contributed by atoms with Crippen LogP contribution in [0.15, 0.2) is 81.0 Å². The van der Waals surface area contributed by atoms with E-state index in [4.69, 9.17) is 20.3 Å². The lowest BCUT2D eigenvalue weighted by Crippen LogP contribution is -2.20. The summed E-state index contributed by atoms with van der Waals surface area (Å²) in [7, 11) is 1.55. The van der Waals surface area contributed by atoms with Gasteiger partial charge in [-0.25, -0.2) is 4.98 Å². The molecular formula is C27H18N4O6. The Morgan fingerprint density at radius 2 is 1.97 bits per heavy atom. The van der Waals surface area contributed by atoms with Gasteiger partial charge in [-0.3, -0.25) is 14.9 Å². The molecule has 0 amide bonds. The number of benzene rings is 3. The molecule has 5 rings (SSSR count). The first-order valence-electron chi connectivity index (χ1n) is 11.0. The smallest absolute Gasteiger partial charge is 0.311 e. The van der Waals surface area contributed by atoms with Crippen LogP contribution in [0.25, 0.3) is 33.5 Å². The summed E-state index contributed by atoms with van der Waals surface area (Å²) in [6.45, 7) is -0.185. The zero-order valence-corrected chi connectivity index (χ0v) is 19.5. The van der Waals surface area contributed by atoms with Crippen molar-refractivity contribution in [1.29, 1.82) is 0 Å². The summed E-state index contributed by atoms with van der Waals surface area (Å²) in [5.74, 6) is 3.23. The molecule has 0 unspecified atom stereocenters. The molecule has 0 aliphatic heterocycles. The molecule has 3 aromatic carbocycles. The van der Waals surface area contributed by atoms with Crippen LogP contribution in [0.1, 0.15) is 5.56 Å². The van der Waals surface area contributed by atoms with E-state index in [0.29, 0.717) is 27.6 Å². The number of ether oxygens (including phenoxy) is 2. The van der Waals surface area contributed by atoms with E-state index in [0.717, 1.165) is 4.68 Å². The van der Waals surface area contributed by atoms with Crippen LogP contribution in [0, 0.1) is 22.5 Å². The highest BCUT2D eigenvalue weighted by atomic mass is 16.6. The highest BCUT2D eigenvalue weighted by Gasteiger charge is 2.20. The number of hydrogen-bond donors (Lipinski definition) is 0. The van der Waals surface area contributed by atoms with Crippen LogP contribution in [0.4, 0.5) is 5.69 Å². The van der Waals surface area contributed by atoms with Crippen LogP contribution in [-0.4, -0.2) is 34.5 Å². The SMILES string of the molecule is C#CCOc1c(C=Nn2c(-c3cc4c(OC)cccc4o3)nc3ccccc3c2=O)cccc1[N+](=O)[O-]. The number of nitro benzene ring substituents is 1. The third-order valence-corrected chi connectivity index (χ3v) is 5.55. The number of nitro groups is 1. The molecular weight excluding hydrogens is 476 g/mol. The first-order valence-corrected chi connectivity index (χ1v) is 11.0. The maximum atomic E-state index is 13.5. The number of terminal acetylenes is 1. The number of hydrogen-bond acceptors (Lipinski definition) is 8. The summed E-state index contributed by atoms with van der Waals surface area (Å²) in [5, 5.41) is 16.9. The van der Waals surface area contributed by atoms with Gasteiger partial charge >= 0.3 is 5.69 Å². The fourth-order valence-electron chi connectivity index (χ4n) is 3.89. The molecule has 2 heterocycles. The number of para-hydroxylation sites is 2. The summed E-state index contributed by atoms with van der Waals surface area (Å²) in [6.07, 6.45) is 6.56. The lowest BCUT2D eigenvalue weighted by molar-refractivity contribution is -0.385. The fourth-order valence-corrected chi connectivity index (χ4v) is 3.89. The van der Waals surface area contributed by atoms with E-state index < -0.39 is 10.5 Å². The Morgan fingerprint density at radius 1 is 1.16 bits per heavy atom. The Morgan fingerprint density at radius 3 is 2.76 bits per heavy atom. The van der Waals surface area contributed by atoms with Crippen molar-refractivity contribution < 1.29 is 18.8 Å². The molecule has 0 fully saturated rings. The average molecular weight is 494 g/mol. The summed E-state index contributed by atoms with van der Waals surface area (Å²) in [5.41, 5.74) is 0.501. The molecule has 0 radical (unpaired) electrons. The minimum atomic E-state index is -0.583. The molecule has 0 N–H and O–H groups in total. The number of aromatic nitrogens is 2. The van der Waals surface area contributed by atoms with Gasteiger partial charge in [0.05, 0.1) is 34.5 Å². The first kappa shape index (κ1) is 23.3. The van der Waals surface area contributed by atoms with Crippen LogP contribution in [0.3, 0.4) is 0 Å². The summed E-state index contributed by atoms with van der Waals surface area (Å²) < 4.78 is 18.0. The van der Waals surface area contributed by atoms with Crippen LogP contribution in [0.2, 0.25) is 0 Å². The van der Waals surface area contributed by atoms with E-state index >= 15 is 0 Å². The zero-order valence-electron chi connectivity index (χ0n) is 19.5. The maximum absolute atomic E-state index is 13.5. The summed E-state index contributed by atoms with van der Waals surface area (Å²) in [4.78, 5) is 29.1. The second-order valence-electron chi connectivity index (χ2n) is 7.74. The van der Waals surface area contributed by atoms with Gasteiger partial charge in [-0.1, -0.05) is 30.2 Å². The van der Waals surface area contributed by atoms with Crippen LogP contribution in [0.5, 0.6) is 11.5 Å². The van der Waals surface area contributed by atoms with Crippen molar-refractivity contribution in [2.75, 3.05) is 13.7 Å². The second kappa shape index (κ2) is 9.67. The maximum Gasteiger partial charge on any atom is 0.311 e. The minimum Gasteiger partial charge on any atom is -0.496 e. The van der Waals surface area contributed by atoms with Gasteiger partial charge < -0.3 is 13.9 Å². The van der Waals surface area contributed by atoms with Crippen molar-refractivity contribution in [2.45, 2.75) is 0 Å². The topological polar surface area (TPSA) is 122 Å². The van der Waals surface area contributed by atoms with E-state index in [-0.39, 0.29) is 35.2 Å². The number of nitrogens with zero attached hydrogens (tertiary/aromatic N) is 4. The van der Waals surface area contributed by atoms with Gasteiger partial charge in [-0.15, -0.1) is 6.42 Å². The van der Waals surface area contributed by atoms with Crippen molar-refractivity contribution in [3.63, 3.8) is 0 Å². The Balaban J connectivity index is 1.72. The third-order valence-electron chi connectivity index (χ3n) is 5.55. The summed E-state index contributed by atoms with van der Waals surface area (Å²) >= 11 is 0. The van der Waals surface area contributed by atoms with E-state index in [9.17, 15) is 14.9 Å². The monoisotopic (exact) mass is 494 g/mol. The zero-order chi connectivity index (χ0) is 25.9. The fraction of sp³-hybridized carbons (Fsp3) is 0.0741. The molecule has 0 atom stereocenters. The Hall–Kier alpha value is -5.43. The number of furan rings is 1. The van der Waals surface area contributed by atoms with Crippen molar-refractivity contribution in [2.24, 2.45) is 5.10 Å².